The Morgan fingerprint density at radius 2 is 2.05 bits per heavy atom. The Kier molecular flexibility index (Phi) is 4.55. The van der Waals surface area contributed by atoms with Gasteiger partial charge in [0.2, 0.25) is 0 Å². The van der Waals surface area contributed by atoms with Crippen LogP contribution >= 0.6 is 11.6 Å². The highest BCUT2D eigenvalue weighted by molar-refractivity contribution is 6.29. The number of aromatic nitrogens is 1. The predicted octanol–water partition coefficient (Wildman–Crippen LogP) is 2.58. The number of rotatable bonds is 5. The summed E-state index contributed by atoms with van der Waals surface area (Å²) in [6.07, 6.45) is 1.19. The molecule has 0 aliphatic carbocycles. The van der Waals surface area contributed by atoms with Crippen LogP contribution < -0.4 is 5.32 Å². The molecule has 2 rings (SSSR count). The second-order valence-electron chi connectivity index (χ2n) is 4.15. The third-order valence-corrected chi connectivity index (χ3v) is 3.02. The second-order valence-corrected chi connectivity index (χ2v) is 4.54. The number of nitrogens with one attached hydrogen (secondary N) is 1. The number of carboxylic acid groups (broad SMARTS) is 1. The molecule has 0 saturated heterocycles. The second kappa shape index (κ2) is 6.36. The molecule has 6 heteroatoms. The molecule has 0 amide bonds. The van der Waals surface area contributed by atoms with Crippen molar-refractivity contribution >= 4 is 23.3 Å². The van der Waals surface area contributed by atoms with E-state index >= 15 is 0 Å². The topological polar surface area (TPSA) is 82.5 Å². The fourth-order valence-electron chi connectivity index (χ4n) is 1.83. The van der Waals surface area contributed by atoms with Crippen molar-refractivity contribution in [2.24, 2.45) is 0 Å². The number of hydrogen-bond acceptors (Lipinski definition) is 4. The van der Waals surface area contributed by atoms with Crippen LogP contribution in [0.2, 0.25) is 5.15 Å². The van der Waals surface area contributed by atoms with Crippen molar-refractivity contribution in [2.75, 3.05) is 11.9 Å². The summed E-state index contributed by atoms with van der Waals surface area (Å²) in [4.78, 5) is 14.9. The van der Waals surface area contributed by atoms with E-state index < -0.39 is 12.0 Å². The molecule has 0 spiro atoms. The van der Waals surface area contributed by atoms with Crippen molar-refractivity contribution in [3.05, 3.63) is 58.9 Å². The molecule has 5 nitrogen and oxygen atoms in total. The number of carboxylic acids is 1. The van der Waals surface area contributed by atoms with Gasteiger partial charge in [-0.2, -0.15) is 0 Å². The van der Waals surface area contributed by atoms with Crippen LogP contribution in [0.25, 0.3) is 0 Å². The molecular formula is C14H13ClN2O3. The molecule has 104 valence electrons. The summed E-state index contributed by atoms with van der Waals surface area (Å²) in [5.41, 5.74) is 1.17. The van der Waals surface area contributed by atoms with Crippen molar-refractivity contribution < 1.29 is 15.0 Å². The molecule has 0 radical (unpaired) electrons. The quantitative estimate of drug-likeness (QED) is 0.738. The summed E-state index contributed by atoms with van der Waals surface area (Å²) in [5.74, 6) is -1.11. The largest absolute Gasteiger partial charge is 0.478 e. The van der Waals surface area contributed by atoms with Gasteiger partial charge in [0.1, 0.15) is 10.7 Å². The van der Waals surface area contributed by atoms with Crippen molar-refractivity contribution in [2.45, 2.75) is 6.04 Å². The first-order valence-corrected chi connectivity index (χ1v) is 6.31. The fourth-order valence-corrected chi connectivity index (χ4v) is 1.99. The molecule has 1 heterocycles. The maximum atomic E-state index is 11.2. The van der Waals surface area contributed by atoms with Crippen molar-refractivity contribution in [1.29, 1.82) is 0 Å². The maximum Gasteiger partial charge on any atom is 0.339 e. The predicted molar refractivity (Wildman–Crippen MR) is 76.1 cm³/mol. The van der Waals surface area contributed by atoms with Gasteiger partial charge in [0.25, 0.3) is 0 Å². The van der Waals surface area contributed by atoms with E-state index in [0.717, 1.165) is 5.56 Å². The van der Waals surface area contributed by atoms with Gasteiger partial charge < -0.3 is 15.5 Å². The molecule has 0 aliphatic rings. The summed E-state index contributed by atoms with van der Waals surface area (Å²) in [6, 6.07) is 10.2. The molecule has 1 atom stereocenters. The van der Waals surface area contributed by atoms with Gasteiger partial charge >= 0.3 is 5.97 Å². The highest BCUT2D eigenvalue weighted by Gasteiger charge is 2.16. The first-order chi connectivity index (χ1) is 9.61. The minimum Gasteiger partial charge on any atom is -0.478 e. The number of carbonyl (C=O) groups is 1. The zero-order valence-electron chi connectivity index (χ0n) is 10.5. The standard InChI is InChI=1S/C14H13ClN2O3/c15-13-6-11(10(7-16-13)14(19)20)17-12(8-18)9-4-2-1-3-5-9/h1-7,12,18H,8H2,(H,16,17)(H,19,20)/t12-/m1/s1. The first kappa shape index (κ1) is 14.3. The molecule has 0 unspecified atom stereocenters. The smallest absolute Gasteiger partial charge is 0.339 e. The number of aliphatic hydroxyl groups excluding tert-OH is 1. The Balaban J connectivity index is 2.32. The molecule has 0 bridgehead atoms. The molecule has 1 aromatic carbocycles. The molecule has 0 fully saturated rings. The summed E-state index contributed by atoms with van der Waals surface area (Å²) < 4.78 is 0. The lowest BCUT2D eigenvalue weighted by Crippen LogP contribution is -2.17. The zero-order chi connectivity index (χ0) is 14.5. The summed E-state index contributed by atoms with van der Waals surface area (Å²) in [7, 11) is 0. The van der Waals surface area contributed by atoms with Gasteiger partial charge in [-0.15, -0.1) is 0 Å². The van der Waals surface area contributed by atoms with Crippen LogP contribution in [0.3, 0.4) is 0 Å². The molecule has 0 aliphatic heterocycles. The van der Waals surface area contributed by atoms with Gasteiger partial charge in [0, 0.05) is 6.20 Å². The number of nitrogens with zero attached hydrogens (tertiary/aromatic N) is 1. The number of hydrogen-bond donors (Lipinski definition) is 3. The van der Waals surface area contributed by atoms with Crippen LogP contribution in [0.15, 0.2) is 42.6 Å². The van der Waals surface area contributed by atoms with Gasteiger partial charge in [-0.05, 0) is 11.6 Å². The maximum absolute atomic E-state index is 11.2. The van der Waals surface area contributed by atoms with Gasteiger partial charge in [0.15, 0.2) is 0 Å². The van der Waals surface area contributed by atoms with Crippen molar-refractivity contribution in [3.8, 4) is 0 Å². The Morgan fingerprint density at radius 1 is 1.35 bits per heavy atom. The van der Waals surface area contributed by atoms with Crippen LogP contribution in [0, 0.1) is 0 Å². The van der Waals surface area contributed by atoms with Gasteiger partial charge in [-0.25, -0.2) is 9.78 Å². The average molecular weight is 293 g/mol. The minimum absolute atomic E-state index is 0.00350. The lowest BCUT2D eigenvalue weighted by Gasteiger charge is -2.19. The van der Waals surface area contributed by atoms with Crippen LogP contribution in [-0.2, 0) is 0 Å². The third kappa shape index (κ3) is 3.26. The lowest BCUT2D eigenvalue weighted by molar-refractivity contribution is 0.0697. The monoisotopic (exact) mass is 292 g/mol. The van der Waals surface area contributed by atoms with Crippen LogP contribution in [0.1, 0.15) is 22.0 Å². The molecular weight excluding hydrogens is 280 g/mol. The van der Waals surface area contributed by atoms with E-state index in [1.54, 1.807) is 0 Å². The molecule has 20 heavy (non-hydrogen) atoms. The molecule has 0 saturated carbocycles. The summed E-state index contributed by atoms with van der Waals surface area (Å²) in [5, 5.41) is 21.8. The number of benzene rings is 1. The highest BCUT2D eigenvalue weighted by atomic mass is 35.5. The Labute approximate surface area is 120 Å². The molecule has 1 aromatic heterocycles. The van der Waals surface area contributed by atoms with E-state index in [1.165, 1.54) is 12.3 Å². The van der Waals surface area contributed by atoms with E-state index in [0.29, 0.717) is 5.69 Å². The molecule has 3 N–H and O–H groups in total. The number of aliphatic hydroxyl groups is 1. The average Bonchev–Trinajstić information content (AvgIpc) is 2.45. The van der Waals surface area contributed by atoms with Gasteiger partial charge in [0.05, 0.1) is 18.3 Å². The summed E-state index contributed by atoms with van der Waals surface area (Å²) in [6.45, 7) is -0.178. The first-order valence-electron chi connectivity index (χ1n) is 5.93. The lowest BCUT2D eigenvalue weighted by atomic mass is 10.1. The highest BCUT2D eigenvalue weighted by Crippen LogP contribution is 2.24. The third-order valence-electron chi connectivity index (χ3n) is 2.82. The van der Waals surface area contributed by atoms with E-state index in [9.17, 15) is 9.90 Å². The number of halogens is 1. The number of aromatic carboxylic acids is 1. The van der Waals surface area contributed by atoms with Crippen molar-refractivity contribution in [1.82, 2.24) is 4.98 Å². The van der Waals surface area contributed by atoms with E-state index in [-0.39, 0.29) is 17.3 Å². The zero-order valence-corrected chi connectivity index (χ0v) is 11.2. The fraction of sp³-hybridized carbons (Fsp3) is 0.143. The van der Waals surface area contributed by atoms with Crippen molar-refractivity contribution in [3.63, 3.8) is 0 Å². The normalized spacial score (nSPS) is 11.9. The SMILES string of the molecule is O=C(O)c1cnc(Cl)cc1N[C@H](CO)c1ccccc1. The van der Waals surface area contributed by atoms with E-state index in [1.807, 2.05) is 30.3 Å². The van der Waals surface area contributed by atoms with E-state index in [2.05, 4.69) is 10.3 Å². The number of pyridine rings is 1. The van der Waals surface area contributed by atoms with Gasteiger partial charge in [-0.3, -0.25) is 0 Å². The Bertz CT molecular complexity index is 605. The Morgan fingerprint density at radius 3 is 2.65 bits per heavy atom. The van der Waals surface area contributed by atoms with Crippen LogP contribution in [-0.4, -0.2) is 27.8 Å². The van der Waals surface area contributed by atoms with Crippen LogP contribution in [0.5, 0.6) is 0 Å². The molecule has 2 aromatic rings. The van der Waals surface area contributed by atoms with Crippen LogP contribution in [0.4, 0.5) is 5.69 Å². The summed E-state index contributed by atoms with van der Waals surface area (Å²) >= 11 is 5.79. The van der Waals surface area contributed by atoms with E-state index in [4.69, 9.17) is 16.7 Å². The number of anilines is 1. The van der Waals surface area contributed by atoms with Gasteiger partial charge in [-0.1, -0.05) is 41.9 Å². The minimum atomic E-state index is -1.11. The Hall–Kier alpha value is -2.11.